The van der Waals surface area contributed by atoms with Gasteiger partial charge in [-0.1, -0.05) is 13.3 Å². The normalized spacial score (nSPS) is 30.0. The summed E-state index contributed by atoms with van der Waals surface area (Å²) in [5, 5.41) is 12.9. The number of urea groups is 1. The molecule has 2 saturated carbocycles. The molecule has 1 aromatic heterocycles. The Morgan fingerprint density at radius 2 is 1.84 bits per heavy atom. The molecule has 5 rings (SSSR count). The summed E-state index contributed by atoms with van der Waals surface area (Å²) >= 11 is 0. The van der Waals surface area contributed by atoms with E-state index >= 15 is 0 Å². The predicted octanol–water partition coefficient (Wildman–Crippen LogP) is 1.77. The number of nitrogens with one attached hydrogen (secondary N) is 1. The van der Waals surface area contributed by atoms with E-state index in [1.807, 2.05) is 6.92 Å². The van der Waals surface area contributed by atoms with Crippen LogP contribution < -0.4 is 16.8 Å². The number of carbonyl (C=O) groups is 4. The number of pyridine rings is 1. The van der Waals surface area contributed by atoms with Gasteiger partial charge in [0.1, 0.15) is 11.4 Å². The number of nitrogens with zero attached hydrogens (tertiary/aromatic N) is 3. The highest BCUT2D eigenvalue weighted by molar-refractivity contribution is 6.29. The van der Waals surface area contributed by atoms with Gasteiger partial charge in [0.15, 0.2) is 0 Å². The first-order valence-electron chi connectivity index (χ1n) is 13.0. The van der Waals surface area contributed by atoms with Gasteiger partial charge in [-0.15, -0.1) is 0 Å². The van der Waals surface area contributed by atoms with Gasteiger partial charge in [0.05, 0.1) is 28.6 Å². The molecule has 1 atom stereocenters. The number of fused-ring (bicyclic) bond motifs is 2. The maximum absolute atomic E-state index is 13.3. The van der Waals surface area contributed by atoms with Gasteiger partial charge < -0.3 is 21.9 Å². The fourth-order valence-corrected chi connectivity index (χ4v) is 6.64. The summed E-state index contributed by atoms with van der Waals surface area (Å²) in [5.41, 5.74) is 12.2. The molecule has 1 unspecified atom stereocenters. The maximum Gasteiger partial charge on any atom is 0.334 e. The largest absolute Gasteiger partial charge is 0.387 e. The first-order valence-corrected chi connectivity index (χ1v) is 13.0. The Kier molecular flexibility index (Phi) is 6.01. The van der Waals surface area contributed by atoms with Crippen molar-refractivity contribution >= 4 is 29.4 Å². The Morgan fingerprint density at radius 1 is 1.16 bits per heavy atom. The number of amides is 5. The maximum atomic E-state index is 13.3. The molecule has 37 heavy (non-hydrogen) atoms. The fourth-order valence-electron chi connectivity index (χ4n) is 6.64. The quantitative estimate of drug-likeness (QED) is 0.343. The van der Waals surface area contributed by atoms with Crippen LogP contribution in [-0.2, 0) is 19.8 Å². The molecule has 0 aromatic carbocycles. The predicted molar refractivity (Wildman–Crippen MR) is 133 cm³/mol. The minimum Gasteiger partial charge on any atom is -0.387 e. The third kappa shape index (κ3) is 3.78. The van der Waals surface area contributed by atoms with Gasteiger partial charge in [-0.2, -0.15) is 0 Å². The zero-order chi connectivity index (χ0) is 26.7. The van der Waals surface area contributed by atoms with Crippen LogP contribution >= 0.6 is 0 Å². The number of hydrogen-bond acceptors (Lipinski definition) is 8. The summed E-state index contributed by atoms with van der Waals surface area (Å²) < 4.78 is 0. The van der Waals surface area contributed by atoms with E-state index in [4.69, 9.17) is 11.5 Å². The minimum atomic E-state index is -0.733. The molecule has 3 heterocycles. The fraction of sp³-hybridized carbons (Fsp3) is 0.577. The smallest absolute Gasteiger partial charge is 0.334 e. The lowest BCUT2D eigenvalue weighted by Crippen LogP contribution is -2.62. The van der Waals surface area contributed by atoms with Crippen LogP contribution in [0.25, 0.3) is 0 Å². The van der Waals surface area contributed by atoms with Crippen molar-refractivity contribution in [3.8, 4) is 0 Å². The number of aromatic nitrogens is 1. The second kappa shape index (κ2) is 8.83. The highest BCUT2D eigenvalue weighted by atomic mass is 16.3. The lowest BCUT2D eigenvalue weighted by Gasteiger charge is -2.56. The molecular weight excluding hydrogens is 476 g/mol. The van der Waals surface area contributed by atoms with Crippen molar-refractivity contribution in [2.75, 3.05) is 11.9 Å². The molecule has 1 saturated heterocycles. The van der Waals surface area contributed by atoms with Crippen LogP contribution in [0.4, 0.5) is 10.5 Å². The topological polar surface area (TPSA) is 172 Å². The van der Waals surface area contributed by atoms with E-state index in [0.717, 1.165) is 24.2 Å². The number of rotatable bonds is 5. The second-order valence-electron chi connectivity index (χ2n) is 11.0. The number of nitrogens with two attached hydrogens (primary N) is 2. The highest BCUT2D eigenvalue weighted by Gasteiger charge is 2.64. The molecule has 11 heteroatoms. The molecule has 0 bridgehead atoms. The zero-order valence-corrected chi connectivity index (χ0v) is 21.2. The molecule has 1 aromatic rings. The first kappa shape index (κ1) is 25.2. The van der Waals surface area contributed by atoms with Gasteiger partial charge in [-0.3, -0.25) is 29.2 Å². The Labute approximate surface area is 215 Å². The number of anilines is 1. The zero-order valence-electron chi connectivity index (χ0n) is 21.2. The van der Waals surface area contributed by atoms with Gasteiger partial charge >= 0.3 is 6.03 Å². The van der Waals surface area contributed by atoms with E-state index in [9.17, 15) is 24.3 Å². The summed E-state index contributed by atoms with van der Waals surface area (Å²) in [7, 11) is 0. The van der Waals surface area contributed by atoms with Crippen molar-refractivity contribution < 1.29 is 24.3 Å². The van der Waals surface area contributed by atoms with E-state index in [-0.39, 0.29) is 35.3 Å². The van der Waals surface area contributed by atoms with Gasteiger partial charge in [-0.05, 0) is 69.4 Å². The Bertz CT molecular complexity index is 1200. The molecular formula is C26H34N6O5. The van der Waals surface area contributed by atoms with Crippen LogP contribution in [-0.4, -0.2) is 56.2 Å². The lowest BCUT2D eigenvalue weighted by atomic mass is 9.47. The van der Waals surface area contributed by atoms with E-state index in [0.29, 0.717) is 49.2 Å². The van der Waals surface area contributed by atoms with Crippen LogP contribution in [0.3, 0.4) is 0 Å². The molecule has 2 aliphatic heterocycles. The van der Waals surface area contributed by atoms with Crippen molar-refractivity contribution in [3.05, 3.63) is 34.9 Å². The summed E-state index contributed by atoms with van der Waals surface area (Å²) in [5.74, 6) is -1.90. The van der Waals surface area contributed by atoms with Crippen LogP contribution in [0.5, 0.6) is 0 Å². The molecule has 3 fully saturated rings. The number of barbiturate groups is 1. The Hall–Kier alpha value is -3.47. The van der Waals surface area contributed by atoms with Gasteiger partial charge in [-0.25, -0.2) is 4.79 Å². The Balaban J connectivity index is 1.33. The molecule has 0 radical (unpaired) electrons. The number of unbranched alkanes of at least 4 members (excludes halogenated alkanes) is 1. The molecule has 5 amide bonds. The monoisotopic (exact) mass is 510 g/mol. The van der Waals surface area contributed by atoms with Crippen molar-refractivity contribution in [2.45, 2.75) is 82.8 Å². The number of aliphatic hydroxyl groups is 1. The van der Waals surface area contributed by atoms with Crippen molar-refractivity contribution in [3.63, 3.8) is 0 Å². The van der Waals surface area contributed by atoms with E-state index < -0.39 is 29.4 Å². The summed E-state index contributed by atoms with van der Waals surface area (Å²) in [4.78, 5) is 59.1. The lowest BCUT2D eigenvalue weighted by molar-refractivity contribution is -0.139. The summed E-state index contributed by atoms with van der Waals surface area (Å²) in [6.07, 6.45) is 4.52. The third-order valence-corrected chi connectivity index (χ3v) is 8.57. The second-order valence-corrected chi connectivity index (χ2v) is 11.0. The first-order chi connectivity index (χ1) is 17.5. The van der Waals surface area contributed by atoms with Crippen LogP contribution in [0.15, 0.2) is 23.5 Å². The van der Waals surface area contributed by atoms with Crippen molar-refractivity contribution in [1.29, 1.82) is 0 Å². The molecule has 11 nitrogen and oxygen atoms in total. The number of carbonyl (C=O) groups excluding carboxylic acids is 4. The number of aliphatic hydroxyl groups excluding tert-OH is 1. The average molecular weight is 511 g/mol. The van der Waals surface area contributed by atoms with E-state index in [1.165, 1.54) is 4.90 Å². The molecule has 2 aliphatic carbocycles. The number of hydrogen-bond donors (Lipinski definition) is 4. The van der Waals surface area contributed by atoms with Gasteiger partial charge in [0.25, 0.3) is 11.8 Å². The third-order valence-electron chi connectivity index (χ3n) is 8.57. The minimum absolute atomic E-state index is 0.0647. The van der Waals surface area contributed by atoms with Crippen LogP contribution in [0.1, 0.15) is 82.7 Å². The molecule has 4 aliphatic rings. The molecule has 2 spiro atoms. The molecule has 6 N–H and O–H groups in total. The highest BCUT2D eigenvalue weighted by Crippen LogP contribution is 2.64. The molecule has 198 valence electrons. The van der Waals surface area contributed by atoms with Gasteiger partial charge in [0, 0.05) is 12.6 Å². The van der Waals surface area contributed by atoms with E-state index in [1.54, 1.807) is 19.1 Å². The van der Waals surface area contributed by atoms with Crippen molar-refractivity contribution in [2.24, 2.45) is 16.9 Å². The van der Waals surface area contributed by atoms with Gasteiger partial charge in [0.2, 0.25) is 5.91 Å². The SMILES string of the molecule is CCCCN1C(=O)C(=C(N)N)C(=O)N(C2CCC3(CC2)CC2(C3)C(=O)Nc3ccc(C(C)O)nc32)C1=O. The number of imide groups is 2. The standard InChI is InChI=1S/C26H34N6O5/c1-3-4-11-31-21(34)18(20(27)28)22(35)32(24(31)37)15-7-9-25(10-8-15)12-26(13-25)19-17(30-23(26)36)6-5-16(29-19)14(2)33/h5-6,14-15,33H,3-4,7-13,27-28H2,1-2H3,(H,30,36). The summed E-state index contributed by atoms with van der Waals surface area (Å²) in [6.45, 7) is 3.80. The van der Waals surface area contributed by atoms with E-state index in [2.05, 4.69) is 10.3 Å². The van der Waals surface area contributed by atoms with Crippen LogP contribution in [0.2, 0.25) is 0 Å². The average Bonchev–Trinajstić information content (AvgIpc) is 3.10. The van der Waals surface area contributed by atoms with Crippen LogP contribution in [0, 0.1) is 5.41 Å². The summed E-state index contributed by atoms with van der Waals surface area (Å²) in [6, 6.07) is 2.53. The van der Waals surface area contributed by atoms with Crippen molar-refractivity contribution in [1.82, 2.24) is 14.8 Å². The Morgan fingerprint density at radius 3 is 2.43 bits per heavy atom.